The van der Waals surface area contributed by atoms with Crippen molar-refractivity contribution in [2.24, 2.45) is 0 Å². The molecule has 0 bridgehead atoms. The van der Waals surface area contributed by atoms with Crippen LogP contribution in [-0.2, 0) is 6.54 Å². The van der Waals surface area contributed by atoms with Gasteiger partial charge in [0.1, 0.15) is 13.2 Å². The summed E-state index contributed by atoms with van der Waals surface area (Å²) in [6, 6.07) is 6.64. The molecule has 0 amide bonds. The number of aliphatic hydroxyl groups is 1. The summed E-state index contributed by atoms with van der Waals surface area (Å²) in [4.78, 5) is 0. The fourth-order valence-corrected chi connectivity index (χ4v) is 2.74. The van der Waals surface area contributed by atoms with Gasteiger partial charge in [0.2, 0.25) is 0 Å². The summed E-state index contributed by atoms with van der Waals surface area (Å²) in [5, 5.41) is 13.0. The third-order valence-electron chi connectivity index (χ3n) is 3.90. The molecule has 2 N–H and O–H groups in total. The van der Waals surface area contributed by atoms with Crippen LogP contribution in [0.2, 0.25) is 0 Å². The molecular formula is C15H21NO3. The second-order valence-electron chi connectivity index (χ2n) is 5.36. The Labute approximate surface area is 113 Å². The van der Waals surface area contributed by atoms with Crippen molar-refractivity contribution in [2.75, 3.05) is 13.2 Å². The van der Waals surface area contributed by atoms with E-state index in [1.165, 1.54) is 5.56 Å². The van der Waals surface area contributed by atoms with Crippen molar-refractivity contribution in [3.05, 3.63) is 23.8 Å². The molecule has 1 aromatic carbocycles. The Kier molecular flexibility index (Phi) is 3.89. The average Bonchev–Trinajstić information content (AvgIpc) is 2.46. The van der Waals surface area contributed by atoms with Gasteiger partial charge < -0.3 is 19.9 Å². The second kappa shape index (κ2) is 5.80. The van der Waals surface area contributed by atoms with Gasteiger partial charge in [0.15, 0.2) is 11.5 Å². The van der Waals surface area contributed by atoms with E-state index in [2.05, 4.69) is 17.4 Å². The van der Waals surface area contributed by atoms with E-state index in [9.17, 15) is 5.11 Å². The van der Waals surface area contributed by atoms with Gasteiger partial charge in [-0.3, -0.25) is 0 Å². The van der Waals surface area contributed by atoms with Gasteiger partial charge in [0.25, 0.3) is 0 Å². The minimum Gasteiger partial charge on any atom is -0.486 e. The summed E-state index contributed by atoms with van der Waals surface area (Å²) in [7, 11) is 0. The van der Waals surface area contributed by atoms with Crippen molar-refractivity contribution in [1.29, 1.82) is 0 Å². The molecule has 0 saturated heterocycles. The van der Waals surface area contributed by atoms with Gasteiger partial charge in [-0.2, -0.15) is 0 Å². The molecule has 104 valence electrons. The largest absolute Gasteiger partial charge is 0.486 e. The lowest BCUT2D eigenvalue weighted by atomic mass is 9.93. The monoisotopic (exact) mass is 263 g/mol. The molecule has 1 aliphatic carbocycles. The lowest BCUT2D eigenvalue weighted by Gasteiger charge is -2.26. The first-order valence-electron chi connectivity index (χ1n) is 7.11. The molecule has 2 aliphatic rings. The van der Waals surface area contributed by atoms with Crippen LogP contribution in [0, 0.1) is 0 Å². The lowest BCUT2D eigenvalue weighted by Crippen LogP contribution is -2.34. The van der Waals surface area contributed by atoms with E-state index < -0.39 is 0 Å². The van der Waals surface area contributed by atoms with Crippen molar-refractivity contribution in [3.63, 3.8) is 0 Å². The number of fused-ring (bicyclic) bond motifs is 1. The molecule has 0 radical (unpaired) electrons. The predicted octanol–water partition coefficient (Wildman–Crippen LogP) is 1.85. The third kappa shape index (κ3) is 3.19. The van der Waals surface area contributed by atoms with Gasteiger partial charge in [-0.05, 0) is 43.4 Å². The first-order chi connectivity index (χ1) is 9.31. The standard InChI is InChI=1S/C15H21NO3/c17-13-4-2-12(3-5-13)16-10-11-1-6-14-15(9-11)19-8-7-18-14/h1,6,9,12-13,16-17H,2-5,7-8,10H2. The smallest absolute Gasteiger partial charge is 0.161 e. The molecule has 1 aliphatic heterocycles. The Morgan fingerprint density at radius 1 is 1.05 bits per heavy atom. The zero-order chi connectivity index (χ0) is 13.1. The highest BCUT2D eigenvalue weighted by Crippen LogP contribution is 2.30. The SMILES string of the molecule is OC1CCC(NCc2ccc3c(c2)OCCO3)CC1. The molecule has 4 nitrogen and oxygen atoms in total. The first-order valence-corrected chi connectivity index (χ1v) is 7.11. The molecule has 1 aromatic rings. The summed E-state index contributed by atoms with van der Waals surface area (Å²) >= 11 is 0. The normalized spacial score (nSPS) is 26.2. The maximum atomic E-state index is 9.49. The molecule has 0 unspecified atom stereocenters. The maximum Gasteiger partial charge on any atom is 0.161 e. The van der Waals surface area contributed by atoms with Crippen LogP contribution in [0.1, 0.15) is 31.2 Å². The van der Waals surface area contributed by atoms with Crippen molar-refractivity contribution in [2.45, 2.75) is 44.4 Å². The summed E-state index contributed by atoms with van der Waals surface area (Å²) < 4.78 is 11.1. The van der Waals surface area contributed by atoms with Crippen LogP contribution in [-0.4, -0.2) is 30.5 Å². The molecule has 3 rings (SSSR count). The molecule has 0 spiro atoms. The van der Waals surface area contributed by atoms with E-state index in [1.807, 2.05) is 6.07 Å². The van der Waals surface area contributed by atoms with Crippen LogP contribution in [0.4, 0.5) is 0 Å². The maximum absolute atomic E-state index is 9.49. The third-order valence-corrected chi connectivity index (χ3v) is 3.90. The van der Waals surface area contributed by atoms with Crippen LogP contribution >= 0.6 is 0 Å². The number of hydrogen-bond acceptors (Lipinski definition) is 4. The van der Waals surface area contributed by atoms with E-state index in [-0.39, 0.29) is 6.10 Å². The summed E-state index contributed by atoms with van der Waals surface area (Å²) in [5.74, 6) is 1.69. The van der Waals surface area contributed by atoms with Crippen molar-refractivity contribution in [1.82, 2.24) is 5.32 Å². The molecule has 1 fully saturated rings. The number of benzene rings is 1. The van der Waals surface area contributed by atoms with E-state index in [0.717, 1.165) is 43.7 Å². The van der Waals surface area contributed by atoms with E-state index in [4.69, 9.17) is 9.47 Å². The van der Waals surface area contributed by atoms with Crippen LogP contribution < -0.4 is 14.8 Å². The van der Waals surface area contributed by atoms with Crippen LogP contribution in [0.5, 0.6) is 11.5 Å². The van der Waals surface area contributed by atoms with Crippen molar-refractivity contribution in [3.8, 4) is 11.5 Å². The topological polar surface area (TPSA) is 50.7 Å². The highest BCUT2D eigenvalue weighted by atomic mass is 16.6. The van der Waals surface area contributed by atoms with Crippen molar-refractivity contribution >= 4 is 0 Å². The highest BCUT2D eigenvalue weighted by molar-refractivity contribution is 5.43. The van der Waals surface area contributed by atoms with Gasteiger partial charge >= 0.3 is 0 Å². The predicted molar refractivity (Wildman–Crippen MR) is 72.5 cm³/mol. The van der Waals surface area contributed by atoms with Gasteiger partial charge in [-0.25, -0.2) is 0 Å². The molecule has 1 heterocycles. The zero-order valence-corrected chi connectivity index (χ0v) is 11.1. The van der Waals surface area contributed by atoms with Gasteiger partial charge in [-0.15, -0.1) is 0 Å². The number of aliphatic hydroxyl groups excluding tert-OH is 1. The number of rotatable bonds is 3. The van der Waals surface area contributed by atoms with Crippen LogP contribution in [0.25, 0.3) is 0 Å². The van der Waals surface area contributed by atoms with Crippen LogP contribution in [0.3, 0.4) is 0 Å². The van der Waals surface area contributed by atoms with E-state index >= 15 is 0 Å². The fourth-order valence-electron chi connectivity index (χ4n) is 2.74. The lowest BCUT2D eigenvalue weighted by molar-refractivity contribution is 0.116. The fraction of sp³-hybridized carbons (Fsp3) is 0.600. The molecule has 0 aromatic heterocycles. The molecule has 4 heteroatoms. The minimum absolute atomic E-state index is 0.0904. The Balaban J connectivity index is 1.55. The Morgan fingerprint density at radius 2 is 1.79 bits per heavy atom. The number of nitrogens with one attached hydrogen (secondary N) is 1. The van der Waals surface area contributed by atoms with Crippen molar-refractivity contribution < 1.29 is 14.6 Å². The highest BCUT2D eigenvalue weighted by Gasteiger charge is 2.19. The summed E-state index contributed by atoms with van der Waals surface area (Å²) in [5.41, 5.74) is 1.22. The number of hydrogen-bond donors (Lipinski definition) is 2. The number of ether oxygens (including phenoxy) is 2. The molecule has 19 heavy (non-hydrogen) atoms. The Morgan fingerprint density at radius 3 is 2.58 bits per heavy atom. The Bertz CT molecular complexity index is 427. The molecular weight excluding hydrogens is 242 g/mol. The second-order valence-corrected chi connectivity index (χ2v) is 5.36. The minimum atomic E-state index is -0.0904. The quantitative estimate of drug-likeness (QED) is 0.874. The summed E-state index contributed by atoms with van der Waals surface area (Å²) in [6.07, 6.45) is 3.86. The van der Waals surface area contributed by atoms with Gasteiger partial charge in [0.05, 0.1) is 6.10 Å². The first kappa shape index (κ1) is 12.8. The molecule has 0 atom stereocenters. The average molecular weight is 263 g/mol. The Hall–Kier alpha value is -1.26. The van der Waals surface area contributed by atoms with E-state index in [0.29, 0.717) is 19.3 Å². The van der Waals surface area contributed by atoms with E-state index in [1.54, 1.807) is 0 Å². The molecule has 1 saturated carbocycles. The van der Waals surface area contributed by atoms with Gasteiger partial charge in [-0.1, -0.05) is 6.07 Å². The summed E-state index contributed by atoms with van der Waals surface area (Å²) in [6.45, 7) is 2.11. The van der Waals surface area contributed by atoms with Crippen LogP contribution in [0.15, 0.2) is 18.2 Å². The zero-order valence-electron chi connectivity index (χ0n) is 11.1. The van der Waals surface area contributed by atoms with Gasteiger partial charge in [0, 0.05) is 12.6 Å².